The molecule has 1 heterocycles. The molecule has 3 aliphatic carbocycles. The Balaban J connectivity index is 0.00000127. The number of benzene rings is 2. The van der Waals surface area contributed by atoms with Crippen LogP contribution in [0.15, 0.2) is 71.8 Å². The third-order valence-corrected chi connectivity index (χ3v) is 13.8. The first kappa shape index (κ1) is 52.3. The van der Waals surface area contributed by atoms with Crippen molar-refractivity contribution in [2.24, 2.45) is 16.7 Å². The number of nitrogens with one attached hydrogen (secondary N) is 1. The minimum atomic E-state index is -2.22. The van der Waals surface area contributed by atoms with E-state index in [0.29, 0.717) is 17.7 Å². The van der Waals surface area contributed by atoms with Crippen LogP contribution in [-0.2, 0) is 47.5 Å². The maximum Gasteiger partial charge on any atom is 0.408 e. The number of rotatable bonds is 13. The molecule has 4 aliphatic rings. The fourth-order valence-corrected chi connectivity index (χ4v) is 10.4. The summed E-state index contributed by atoms with van der Waals surface area (Å²) in [4.78, 5) is 70.1. The number of carbonyl (C=O) groups excluding carboxylic acids is 5. The summed E-state index contributed by atoms with van der Waals surface area (Å²) in [6.45, 7) is 15.2. The number of methoxy groups -OCH3 is 2. The summed E-state index contributed by atoms with van der Waals surface area (Å²) in [7, 11) is 2.78. The molecule has 16 heteroatoms. The minimum absolute atomic E-state index is 0.121. The van der Waals surface area contributed by atoms with Crippen LogP contribution in [-0.4, -0.2) is 126 Å². The number of ether oxygens (including phenoxy) is 7. The second-order valence-electron chi connectivity index (χ2n) is 19.4. The standard InChI is InChI=1S/C45H57NO14.C5H12O/c1-24-28(57-39(51)33(48)32(26-17-13-11-14-18-26)46-40(52)60-41(3,4)5)22-45(53)37(58-38(50)27-19-15-12-16-20-27)35-43(8,36(49)34(55-10)31(24)42(45,6)7)29(54-9)21-30-44(35,23-56-30)59-25(2)47;1-2-3-4-5-6/h11-20,28-30,32-35,37,48,53H,21-23H2,1-10H3,(H,46,52);6H,2-5H2,1H3/t28-,29-,30+,32-,33+,34+,35?,37-,43+,44-,45+;/m0./s1. The minimum Gasteiger partial charge on any atom is -0.456 e. The quantitative estimate of drug-likeness (QED) is 0.0815. The number of amides is 1. The Labute approximate surface area is 387 Å². The number of esters is 3. The zero-order valence-electron chi connectivity index (χ0n) is 40.1. The highest BCUT2D eigenvalue weighted by molar-refractivity contribution is 5.94. The van der Waals surface area contributed by atoms with Gasteiger partial charge in [-0.3, -0.25) is 9.59 Å². The van der Waals surface area contributed by atoms with Crippen molar-refractivity contribution < 1.29 is 72.5 Å². The molecule has 2 bridgehead atoms. The van der Waals surface area contributed by atoms with Crippen LogP contribution < -0.4 is 5.32 Å². The Morgan fingerprint density at radius 1 is 0.939 bits per heavy atom. The van der Waals surface area contributed by atoms with E-state index in [0.717, 1.165) is 12.8 Å². The lowest BCUT2D eigenvalue weighted by Crippen LogP contribution is -2.82. The molecule has 2 aromatic rings. The predicted molar refractivity (Wildman–Crippen MR) is 240 cm³/mol. The van der Waals surface area contributed by atoms with Gasteiger partial charge in [0.1, 0.15) is 35.6 Å². The molecule has 1 unspecified atom stereocenters. The van der Waals surface area contributed by atoms with E-state index in [-0.39, 0.29) is 24.2 Å². The Morgan fingerprint density at radius 2 is 1.56 bits per heavy atom. The maximum absolute atomic E-state index is 15.5. The maximum atomic E-state index is 15.5. The van der Waals surface area contributed by atoms with Gasteiger partial charge in [-0.25, -0.2) is 14.4 Å². The van der Waals surface area contributed by atoms with Crippen molar-refractivity contribution in [3.63, 3.8) is 0 Å². The summed E-state index contributed by atoms with van der Waals surface area (Å²) in [6, 6.07) is 15.1. The van der Waals surface area contributed by atoms with Crippen molar-refractivity contribution in [1.82, 2.24) is 5.32 Å². The lowest BCUT2D eigenvalue weighted by Gasteiger charge is -2.67. The molecule has 1 saturated heterocycles. The molecule has 4 N–H and O–H groups in total. The van der Waals surface area contributed by atoms with E-state index in [1.807, 2.05) is 0 Å². The molecule has 2 saturated carbocycles. The highest BCUT2D eigenvalue weighted by Crippen LogP contribution is 2.64. The summed E-state index contributed by atoms with van der Waals surface area (Å²) in [5, 5.41) is 36.2. The van der Waals surface area contributed by atoms with E-state index >= 15 is 4.79 Å². The first-order valence-electron chi connectivity index (χ1n) is 22.6. The number of carbonyl (C=O) groups is 5. The van der Waals surface area contributed by atoms with E-state index in [1.165, 1.54) is 27.6 Å². The smallest absolute Gasteiger partial charge is 0.408 e. The number of alkyl carbamates (subject to hydrolysis) is 1. The Kier molecular flexibility index (Phi) is 16.4. The molecule has 0 aromatic heterocycles. The van der Waals surface area contributed by atoms with Crippen molar-refractivity contribution >= 4 is 29.8 Å². The van der Waals surface area contributed by atoms with E-state index in [1.54, 1.807) is 109 Å². The van der Waals surface area contributed by atoms with Crippen LogP contribution in [0.3, 0.4) is 0 Å². The second kappa shape index (κ2) is 20.7. The Hall–Kier alpha value is -4.71. The van der Waals surface area contributed by atoms with Crippen molar-refractivity contribution in [2.75, 3.05) is 27.4 Å². The molecule has 6 rings (SSSR count). The van der Waals surface area contributed by atoms with Crippen LogP contribution in [0.1, 0.15) is 116 Å². The zero-order chi connectivity index (χ0) is 49.0. The van der Waals surface area contributed by atoms with Crippen LogP contribution in [0.25, 0.3) is 0 Å². The van der Waals surface area contributed by atoms with Gasteiger partial charge in [-0.2, -0.15) is 0 Å². The summed E-state index contributed by atoms with van der Waals surface area (Å²) in [5.74, 6) is -4.52. The second-order valence-corrected chi connectivity index (χ2v) is 19.4. The fourth-order valence-electron chi connectivity index (χ4n) is 10.4. The van der Waals surface area contributed by atoms with Crippen molar-refractivity contribution in [3.8, 4) is 0 Å². The van der Waals surface area contributed by atoms with Crippen LogP contribution >= 0.6 is 0 Å². The van der Waals surface area contributed by atoms with Gasteiger partial charge in [0, 0.05) is 46.0 Å². The van der Waals surface area contributed by atoms with Gasteiger partial charge < -0.3 is 53.8 Å². The molecule has 1 aliphatic heterocycles. The number of fused-ring (bicyclic) bond motifs is 5. The van der Waals surface area contributed by atoms with E-state index in [9.17, 15) is 29.4 Å². The molecular weight excluding hydrogens is 855 g/mol. The van der Waals surface area contributed by atoms with Crippen LogP contribution in [0.2, 0.25) is 0 Å². The number of unbranched alkanes of at least 4 members (excludes halogenated alkanes) is 2. The summed E-state index contributed by atoms with van der Waals surface area (Å²) >= 11 is 0. The average molecular weight is 924 g/mol. The van der Waals surface area contributed by atoms with Gasteiger partial charge in [0.15, 0.2) is 17.5 Å². The number of hydrogen-bond acceptors (Lipinski definition) is 15. The third kappa shape index (κ3) is 9.95. The lowest BCUT2D eigenvalue weighted by molar-refractivity contribution is -0.347. The number of aliphatic hydroxyl groups is 3. The SMILES string of the molecule is CCCCCO.CO[C@H]1C(=O)[C@@]2(C)C([C@H](OC(=O)c3ccccc3)[C@]3(O)C[C@H](OC(=O)[C@H](O)[C@@H](NC(=O)OC(C)(C)C)c4ccccc4)C(C)=C1C3(C)C)[C@]1(OC(C)=O)CO[C@@H]1C[C@@H]2OC. The molecule has 16 nitrogen and oxygen atoms in total. The number of ketones is 1. The van der Waals surface area contributed by atoms with Gasteiger partial charge in [0.05, 0.1) is 35.6 Å². The highest BCUT2D eigenvalue weighted by Gasteiger charge is 2.78. The lowest BCUT2D eigenvalue weighted by atomic mass is 9.44. The summed E-state index contributed by atoms with van der Waals surface area (Å²) < 4.78 is 42.4. The van der Waals surface area contributed by atoms with Crippen molar-refractivity contribution in [1.29, 1.82) is 0 Å². The third-order valence-electron chi connectivity index (χ3n) is 13.8. The average Bonchev–Trinajstić information content (AvgIpc) is 3.26. The Morgan fingerprint density at radius 3 is 2.06 bits per heavy atom. The van der Waals surface area contributed by atoms with E-state index in [2.05, 4.69) is 12.2 Å². The van der Waals surface area contributed by atoms with Gasteiger partial charge in [0.2, 0.25) is 0 Å². The highest BCUT2D eigenvalue weighted by atomic mass is 16.6. The van der Waals surface area contributed by atoms with Gasteiger partial charge in [-0.1, -0.05) is 82.1 Å². The fraction of sp³-hybridized carbons (Fsp3) is 0.620. The van der Waals surface area contributed by atoms with Crippen LogP contribution in [0.4, 0.5) is 4.79 Å². The van der Waals surface area contributed by atoms with Gasteiger partial charge in [0.25, 0.3) is 0 Å². The predicted octanol–water partition coefficient (Wildman–Crippen LogP) is 5.74. The first-order chi connectivity index (χ1) is 31.0. The molecule has 66 heavy (non-hydrogen) atoms. The van der Waals surface area contributed by atoms with Gasteiger partial charge >= 0.3 is 24.0 Å². The normalized spacial score (nSPS) is 30.8. The van der Waals surface area contributed by atoms with Crippen molar-refractivity contribution in [3.05, 3.63) is 82.9 Å². The monoisotopic (exact) mass is 923 g/mol. The van der Waals surface area contributed by atoms with Crippen molar-refractivity contribution in [2.45, 2.75) is 154 Å². The molecule has 0 radical (unpaired) electrons. The van der Waals surface area contributed by atoms with E-state index < -0.39 is 112 Å². The van der Waals surface area contributed by atoms with Gasteiger partial charge in [-0.05, 0) is 69.9 Å². The number of hydrogen-bond donors (Lipinski definition) is 4. The van der Waals surface area contributed by atoms with E-state index in [4.69, 9.17) is 38.3 Å². The molecule has 364 valence electrons. The molecule has 0 spiro atoms. The van der Waals surface area contributed by atoms with Crippen LogP contribution in [0.5, 0.6) is 0 Å². The van der Waals surface area contributed by atoms with Crippen LogP contribution in [0, 0.1) is 16.7 Å². The Bertz CT molecular complexity index is 2080. The molecule has 2 aromatic carbocycles. The summed E-state index contributed by atoms with van der Waals surface area (Å²) in [5.41, 5.74) is -6.72. The topological polar surface area (TPSA) is 223 Å². The first-order valence-corrected chi connectivity index (χ1v) is 22.6. The zero-order valence-corrected chi connectivity index (χ0v) is 40.1. The largest absolute Gasteiger partial charge is 0.456 e. The number of Topliss-reactive ketones (excluding diaryl/α,β-unsaturated/α-hetero) is 1. The van der Waals surface area contributed by atoms with Gasteiger partial charge in [-0.15, -0.1) is 0 Å². The molecule has 11 atom stereocenters. The molecule has 3 fully saturated rings. The molecule has 1 amide bonds. The number of aliphatic hydroxyl groups excluding tert-OH is 2. The summed E-state index contributed by atoms with van der Waals surface area (Å²) in [6.07, 6.45) is -5.99. The molecular formula is C50H69NO15.